The second-order valence-corrected chi connectivity index (χ2v) is 7.12. The molecule has 6 heteroatoms. The Labute approximate surface area is 156 Å². The molecular formula is C19H30ClN3O2. The third-order valence-electron chi connectivity index (χ3n) is 5.01. The SMILES string of the molecule is CC(C)[C@H](N)C(=O)NCC(=O)NCC1(c2ccccc2)CCCC1.Cl. The van der Waals surface area contributed by atoms with E-state index in [9.17, 15) is 9.59 Å². The lowest BCUT2D eigenvalue weighted by Crippen LogP contribution is -2.48. The maximum absolute atomic E-state index is 12.1. The molecule has 5 nitrogen and oxygen atoms in total. The second kappa shape index (κ2) is 9.78. The fraction of sp³-hybridized carbons (Fsp3) is 0.579. The van der Waals surface area contributed by atoms with E-state index in [-0.39, 0.29) is 42.1 Å². The molecule has 1 saturated carbocycles. The fourth-order valence-corrected chi connectivity index (χ4v) is 3.33. The number of halogens is 1. The van der Waals surface area contributed by atoms with E-state index in [2.05, 4.69) is 22.8 Å². The zero-order valence-corrected chi connectivity index (χ0v) is 15.9. The van der Waals surface area contributed by atoms with Gasteiger partial charge in [0.05, 0.1) is 12.6 Å². The minimum atomic E-state index is -0.580. The fourth-order valence-electron chi connectivity index (χ4n) is 3.33. The number of nitrogens with one attached hydrogen (secondary N) is 2. The van der Waals surface area contributed by atoms with Crippen LogP contribution < -0.4 is 16.4 Å². The van der Waals surface area contributed by atoms with Gasteiger partial charge in [0.2, 0.25) is 11.8 Å². The van der Waals surface area contributed by atoms with Crippen molar-refractivity contribution in [3.8, 4) is 0 Å². The summed E-state index contributed by atoms with van der Waals surface area (Å²) in [5, 5.41) is 5.61. The van der Waals surface area contributed by atoms with Crippen LogP contribution in [-0.2, 0) is 15.0 Å². The van der Waals surface area contributed by atoms with Crippen LogP contribution in [0.1, 0.15) is 45.1 Å². The highest BCUT2D eigenvalue weighted by molar-refractivity contribution is 5.87. The summed E-state index contributed by atoms with van der Waals surface area (Å²) in [6.07, 6.45) is 4.54. The first-order chi connectivity index (χ1) is 11.4. The number of hydrogen-bond acceptors (Lipinski definition) is 3. The Balaban J connectivity index is 0.00000312. The van der Waals surface area contributed by atoms with E-state index < -0.39 is 6.04 Å². The van der Waals surface area contributed by atoms with Gasteiger partial charge in [-0.3, -0.25) is 9.59 Å². The summed E-state index contributed by atoms with van der Waals surface area (Å²) in [5.74, 6) is -0.395. The van der Waals surface area contributed by atoms with E-state index in [4.69, 9.17) is 5.73 Å². The first kappa shape index (κ1) is 21.5. The molecule has 1 fully saturated rings. The van der Waals surface area contributed by atoms with Crippen molar-refractivity contribution in [3.63, 3.8) is 0 Å². The molecule has 4 N–H and O–H groups in total. The lowest BCUT2D eigenvalue weighted by atomic mass is 9.79. The molecule has 1 atom stereocenters. The number of carbonyl (C=O) groups is 2. The minimum absolute atomic E-state index is 0. The van der Waals surface area contributed by atoms with Crippen LogP contribution >= 0.6 is 12.4 Å². The summed E-state index contributed by atoms with van der Waals surface area (Å²) < 4.78 is 0. The summed E-state index contributed by atoms with van der Waals surface area (Å²) in [4.78, 5) is 23.9. The number of rotatable bonds is 7. The smallest absolute Gasteiger partial charge is 0.239 e. The topological polar surface area (TPSA) is 84.2 Å². The average molecular weight is 368 g/mol. The van der Waals surface area contributed by atoms with Gasteiger partial charge in [0.1, 0.15) is 0 Å². The third-order valence-corrected chi connectivity index (χ3v) is 5.01. The minimum Gasteiger partial charge on any atom is -0.354 e. The highest BCUT2D eigenvalue weighted by Crippen LogP contribution is 2.40. The van der Waals surface area contributed by atoms with Crippen molar-refractivity contribution in [3.05, 3.63) is 35.9 Å². The standard InChI is InChI=1S/C19H29N3O2.ClH/c1-14(2)17(20)18(24)21-12-16(23)22-13-19(10-6-7-11-19)15-8-4-3-5-9-15;/h3-5,8-9,14,17H,6-7,10-13,20H2,1-2H3,(H,21,24)(H,22,23);1H/t17-;/m0./s1. The molecule has 2 amide bonds. The molecule has 25 heavy (non-hydrogen) atoms. The molecular weight excluding hydrogens is 338 g/mol. The van der Waals surface area contributed by atoms with Gasteiger partial charge in [-0.2, -0.15) is 0 Å². The molecule has 0 aliphatic heterocycles. The van der Waals surface area contributed by atoms with Crippen molar-refractivity contribution >= 4 is 24.2 Å². The van der Waals surface area contributed by atoms with Crippen LogP contribution in [0.2, 0.25) is 0 Å². The summed E-state index contributed by atoms with van der Waals surface area (Å²) in [5.41, 5.74) is 7.08. The first-order valence-electron chi connectivity index (χ1n) is 8.80. The Morgan fingerprint density at radius 1 is 1.12 bits per heavy atom. The van der Waals surface area contributed by atoms with Crippen LogP contribution in [0.5, 0.6) is 0 Å². The normalized spacial score (nSPS) is 16.8. The van der Waals surface area contributed by atoms with Gasteiger partial charge in [0.15, 0.2) is 0 Å². The van der Waals surface area contributed by atoms with Gasteiger partial charge in [-0.05, 0) is 24.3 Å². The number of benzene rings is 1. The van der Waals surface area contributed by atoms with Crippen molar-refractivity contribution in [1.29, 1.82) is 0 Å². The third kappa shape index (κ3) is 5.72. The maximum Gasteiger partial charge on any atom is 0.239 e. The molecule has 140 valence electrons. The summed E-state index contributed by atoms with van der Waals surface area (Å²) in [7, 11) is 0. The zero-order chi connectivity index (χ0) is 17.6. The van der Waals surface area contributed by atoms with E-state index in [0.717, 1.165) is 12.8 Å². The molecule has 1 aliphatic carbocycles. The van der Waals surface area contributed by atoms with Crippen molar-refractivity contribution in [2.45, 2.75) is 51.0 Å². The summed E-state index contributed by atoms with van der Waals surface area (Å²) in [6.45, 7) is 4.36. The number of nitrogens with two attached hydrogens (primary N) is 1. The van der Waals surface area contributed by atoms with Gasteiger partial charge in [-0.1, -0.05) is 57.0 Å². The molecule has 0 spiro atoms. The molecule has 1 aromatic rings. The largest absolute Gasteiger partial charge is 0.354 e. The lowest BCUT2D eigenvalue weighted by Gasteiger charge is -2.30. The van der Waals surface area contributed by atoms with Crippen LogP contribution in [0, 0.1) is 5.92 Å². The van der Waals surface area contributed by atoms with Crippen molar-refractivity contribution in [2.75, 3.05) is 13.1 Å². The quantitative estimate of drug-likeness (QED) is 0.690. The molecule has 0 radical (unpaired) electrons. The Kier molecular flexibility index (Phi) is 8.39. The Bertz CT molecular complexity index is 557. The molecule has 2 rings (SSSR count). The number of carbonyl (C=O) groups excluding carboxylic acids is 2. The van der Waals surface area contributed by atoms with Gasteiger partial charge >= 0.3 is 0 Å². The van der Waals surface area contributed by atoms with Crippen LogP contribution in [-0.4, -0.2) is 30.9 Å². The maximum atomic E-state index is 12.1. The molecule has 0 saturated heterocycles. The zero-order valence-electron chi connectivity index (χ0n) is 15.1. The average Bonchev–Trinajstić information content (AvgIpc) is 3.08. The van der Waals surface area contributed by atoms with Crippen LogP contribution in [0.4, 0.5) is 0 Å². The van der Waals surface area contributed by atoms with Crippen molar-refractivity contribution in [1.82, 2.24) is 10.6 Å². The Morgan fingerprint density at radius 2 is 1.72 bits per heavy atom. The highest BCUT2D eigenvalue weighted by Gasteiger charge is 2.35. The van der Waals surface area contributed by atoms with Crippen LogP contribution in [0.25, 0.3) is 0 Å². The van der Waals surface area contributed by atoms with Crippen molar-refractivity contribution < 1.29 is 9.59 Å². The van der Waals surface area contributed by atoms with Gasteiger partial charge < -0.3 is 16.4 Å². The number of amides is 2. The molecule has 1 aromatic carbocycles. The Hall–Kier alpha value is -1.59. The van der Waals surface area contributed by atoms with E-state index in [1.165, 1.54) is 18.4 Å². The highest BCUT2D eigenvalue weighted by atomic mass is 35.5. The van der Waals surface area contributed by atoms with E-state index in [0.29, 0.717) is 6.54 Å². The molecule has 0 bridgehead atoms. The first-order valence-corrected chi connectivity index (χ1v) is 8.80. The molecule has 0 unspecified atom stereocenters. The van der Waals surface area contributed by atoms with Gasteiger partial charge in [0.25, 0.3) is 0 Å². The predicted octanol–water partition coefficient (Wildman–Crippen LogP) is 2.14. The monoisotopic (exact) mass is 367 g/mol. The van der Waals surface area contributed by atoms with E-state index in [1.807, 2.05) is 32.0 Å². The van der Waals surface area contributed by atoms with Crippen LogP contribution in [0.15, 0.2) is 30.3 Å². The van der Waals surface area contributed by atoms with Gasteiger partial charge in [-0.25, -0.2) is 0 Å². The molecule has 0 heterocycles. The number of hydrogen-bond donors (Lipinski definition) is 3. The lowest BCUT2D eigenvalue weighted by molar-refractivity contribution is -0.127. The second-order valence-electron chi connectivity index (χ2n) is 7.12. The van der Waals surface area contributed by atoms with E-state index in [1.54, 1.807) is 0 Å². The van der Waals surface area contributed by atoms with Crippen LogP contribution in [0.3, 0.4) is 0 Å². The predicted molar refractivity (Wildman–Crippen MR) is 103 cm³/mol. The summed E-state index contributed by atoms with van der Waals surface area (Å²) in [6, 6.07) is 9.80. The van der Waals surface area contributed by atoms with Gasteiger partial charge in [0, 0.05) is 12.0 Å². The van der Waals surface area contributed by atoms with Crippen molar-refractivity contribution in [2.24, 2.45) is 11.7 Å². The Morgan fingerprint density at radius 3 is 2.28 bits per heavy atom. The molecule has 1 aliphatic rings. The molecule has 0 aromatic heterocycles. The van der Waals surface area contributed by atoms with Gasteiger partial charge in [-0.15, -0.1) is 12.4 Å². The van der Waals surface area contributed by atoms with E-state index >= 15 is 0 Å². The summed E-state index contributed by atoms with van der Waals surface area (Å²) >= 11 is 0.